The van der Waals surface area contributed by atoms with Gasteiger partial charge in [0.2, 0.25) is 0 Å². The van der Waals surface area contributed by atoms with Gasteiger partial charge in [0.1, 0.15) is 13.1 Å². The normalized spacial score (nSPS) is 15.0. The number of morpholine rings is 1. The quantitative estimate of drug-likeness (QED) is 0.589. The van der Waals surface area contributed by atoms with Crippen LogP contribution in [0.4, 0.5) is 0 Å². The summed E-state index contributed by atoms with van der Waals surface area (Å²) in [7, 11) is 0. The minimum Gasteiger partial charge on any atom is -0.370 e. The molecule has 0 aliphatic carbocycles. The SMILES string of the molecule is Cc1ccc2cc(CN(CC[NH+]3CCOCC3)C(=S)NCC(C)C)c(=O)[nH]c2c1. The summed E-state index contributed by atoms with van der Waals surface area (Å²) in [5, 5.41) is 5.13. The molecule has 1 aliphatic rings. The summed E-state index contributed by atoms with van der Waals surface area (Å²) in [6.07, 6.45) is 0. The Balaban J connectivity index is 1.76. The lowest BCUT2D eigenvalue weighted by molar-refractivity contribution is -0.907. The molecule has 1 aromatic carbocycles. The molecule has 29 heavy (non-hydrogen) atoms. The lowest BCUT2D eigenvalue weighted by Crippen LogP contribution is -3.14. The van der Waals surface area contributed by atoms with Gasteiger partial charge >= 0.3 is 0 Å². The molecule has 0 radical (unpaired) electrons. The van der Waals surface area contributed by atoms with E-state index >= 15 is 0 Å². The Morgan fingerprint density at radius 1 is 1.31 bits per heavy atom. The summed E-state index contributed by atoms with van der Waals surface area (Å²) >= 11 is 5.68. The zero-order chi connectivity index (χ0) is 20.8. The van der Waals surface area contributed by atoms with Crippen LogP contribution in [-0.4, -0.2) is 60.9 Å². The minimum atomic E-state index is -0.0431. The molecule has 1 aromatic heterocycles. The predicted octanol–water partition coefficient (Wildman–Crippen LogP) is 1.08. The van der Waals surface area contributed by atoms with E-state index in [0.29, 0.717) is 12.5 Å². The lowest BCUT2D eigenvalue weighted by Gasteiger charge is -2.30. The Kier molecular flexibility index (Phi) is 7.64. The molecule has 0 amide bonds. The van der Waals surface area contributed by atoms with Crippen LogP contribution in [-0.2, 0) is 11.3 Å². The molecule has 3 rings (SSSR count). The Morgan fingerprint density at radius 3 is 2.79 bits per heavy atom. The summed E-state index contributed by atoms with van der Waals surface area (Å²) < 4.78 is 5.46. The summed E-state index contributed by atoms with van der Waals surface area (Å²) in [5.41, 5.74) is 2.71. The Bertz CT molecular complexity index is 890. The van der Waals surface area contributed by atoms with Gasteiger partial charge in [0.05, 0.1) is 32.8 Å². The molecule has 2 aromatic rings. The fourth-order valence-electron chi connectivity index (χ4n) is 3.54. The standard InChI is InChI=1S/C22H32N4O2S/c1-16(2)14-23-22(29)26(7-6-25-8-10-28-11-9-25)15-19-13-18-5-4-17(3)12-20(18)24-21(19)27/h4-5,12-13,16H,6-11,14-15H2,1-3H3,(H,23,29)(H,24,27)/p+1. The van der Waals surface area contributed by atoms with Crippen LogP contribution in [0.5, 0.6) is 0 Å². The maximum absolute atomic E-state index is 12.7. The number of aromatic amines is 1. The Morgan fingerprint density at radius 2 is 2.07 bits per heavy atom. The second kappa shape index (κ2) is 10.2. The highest BCUT2D eigenvalue weighted by Crippen LogP contribution is 2.14. The van der Waals surface area contributed by atoms with Crippen LogP contribution < -0.4 is 15.8 Å². The van der Waals surface area contributed by atoms with Gasteiger partial charge in [0.15, 0.2) is 5.11 Å². The first-order chi connectivity index (χ1) is 13.9. The number of fused-ring (bicyclic) bond motifs is 1. The lowest BCUT2D eigenvalue weighted by atomic mass is 10.1. The van der Waals surface area contributed by atoms with Crippen LogP contribution in [0.25, 0.3) is 10.9 Å². The number of nitrogens with one attached hydrogen (secondary N) is 3. The fraction of sp³-hybridized carbons (Fsp3) is 0.545. The largest absolute Gasteiger partial charge is 0.370 e. The molecule has 0 saturated carbocycles. The van der Waals surface area contributed by atoms with Gasteiger partial charge in [-0.2, -0.15) is 0 Å². The van der Waals surface area contributed by atoms with Crippen molar-refractivity contribution in [2.45, 2.75) is 27.3 Å². The molecule has 7 heteroatoms. The van der Waals surface area contributed by atoms with E-state index in [9.17, 15) is 4.79 Å². The fourth-order valence-corrected chi connectivity index (χ4v) is 3.78. The zero-order valence-corrected chi connectivity index (χ0v) is 18.5. The molecule has 0 spiro atoms. The summed E-state index contributed by atoms with van der Waals surface area (Å²) in [6.45, 7) is 13.2. The van der Waals surface area contributed by atoms with E-state index in [0.717, 1.165) is 73.1 Å². The number of benzene rings is 1. The van der Waals surface area contributed by atoms with Gasteiger partial charge in [-0.15, -0.1) is 0 Å². The van der Waals surface area contributed by atoms with Crippen molar-refractivity contribution in [3.05, 3.63) is 45.7 Å². The number of ether oxygens (including phenoxy) is 1. The third-order valence-corrected chi connectivity index (χ3v) is 5.73. The van der Waals surface area contributed by atoms with Gasteiger partial charge in [0.25, 0.3) is 5.56 Å². The third-order valence-electron chi connectivity index (χ3n) is 5.32. The highest BCUT2D eigenvalue weighted by atomic mass is 32.1. The second-order valence-electron chi connectivity index (χ2n) is 8.33. The summed E-state index contributed by atoms with van der Waals surface area (Å²) in [5.74, 6) is 0.506. The van der Waals surface area contributed by atoms with Crippen molar-refractivity contribution in [2.75, 3.05) is 45.9 Å². The van der Waals surface area contributed by atoms with Crippen LogP contribution in [0.2, 0.25) is 0 Å². The number of nitrogens with zero attached hydrogens (tertiary/aromatic N) is 1. The smallest absolute Gasteiger partial charge is 0.253 e. The molecule has 0 atom stereocenters. The van der Waals surface area contributed by atoms with E-state index in [2.05, 4.69) is 41.2 Å². The van der Waals surface area contributed by atoms with Crippen molar-refractivity contribution in [3.63, 3.8) is 0 Å². The van der Waals surface area contributed by atoms with Gasteiger partial charge in [0, 0.05) is 17.6 Å². The van der Waals surface area contributed by atoms with Crippen LogP contribution in [0.3, 0.4) is 0 Å². The molecule has 0 unspecified atom stereocenters. The van der Waals surface area contributed by atoms with E-state index in [4.69, 9.17) is 17.0 Å². The maximum atomic E-state index is 12.7. The van der Waals surface area contributed by atoms with Crippen molar-refractivity contribution in [2.24, 2.45) is 5.92 Å². The van der Waals surface area contributed by atoms with Crippen molar-refractivity contribution in [1.82, 2.24) is 15.2 Å². The second-order valence-corrected chi connectivity index (χ2v) is 8.71. The van der Waals surface area contributed by atoms with E-state index in [1.807, 2.05) is 19.1 Å². The van der Waals surface area contributed by atoms with E-state index in [1.165, 1.54) is 4.90 Å². The van der Waals surface area contributed by atoms with Crippen LogP contribution in [0.15, 0.2) is 29.1 Å². The van der Waals surface area contributed by atoms with Crippen molar-refractivity contribution < 1.29 is 9.64 Å². The number of hydrogen-bond acceptors (Lipinski definition) is 3. The van der Waals surface area contributed by atoms with Crippen LogP contribution >= 0.6 is 12.2 Å². The van der Waals surface area contributed by atoms with Gasteiger partial charge in [-0.1, -0.05) is 26.0 Å². The molecule has 158 valence electrons. The van der Waals surface area contributed by atoms with Gasteiger partial charge < -0.3 is 24.8 Å². The molecule has 3 N–H and O–H groups in total. The Hall–Kier alpha value is -1.96. The van der Waals surface area contributed by atoms with Gasteiger partial charge in [-0.25, -0.2) is 0 Å². The minimum absolute atomic E-state index is 0.0431. The first-order valence-corrected chi connectivity index (χ1v) is 10.9. The number of pyridine rings is 1. The first kappa shape index (κ1) is 21.7. The number of quaternary nitrogens is 1. The van der Waals surface area contributed by atoms with Crippen molar-refractivity contribution in [1.29, 1.82) is 0 Å². The molecule has 1 fully saturated rings. The first-order valence-electron chi connectivity index (χ1n) is 10.5. The maximum Gasteiger partial charge on any atom is 0.253 e. The predicted molar refractivity (Wildman–Crippen MR) is 122 cm³/mol. The van der Waals surface area contributed by atoms with Gasteiger partial charge in [-0.05, 0) is 48.1 Å². The molecular formula is C22H33N4O2S+. The molecule has 1 saturated heterocycles. The third kappa shape index (κ3) is 6.26. The monoisotopic (exact) mass is 417 g/mol. The van der Waals surface area contributed by atoms with Crippen LogP contribution in [0.1, 0.15) is 25.0 Å². The van der Waals surface area contributed by atoms with E-state index in [-0.39, 0.29) is 5.56 Å². The summed E-state index contributed by atoms with van der Waals surface area (Å²) in [6, 6.07) is 8.13. The Labute approximate surface area is 178 Å². The van der Waals surface area contributed by atoms with Crippen molar-refractivity contribution in [3.8, 4) is 0 Å². The number of aryl methyl sites for hydroxylation is 1. The highest BCUT2D eigenvalue weighted by Gasteiger charge is 2.18. The molecule has 6 nitrogen and oxygen atoms in total. The van der Waals surface area contributed by atoms with Crippen molar-refractivity contribution >= 4 is 28.2 Å². The van der Waals surface area contributed by atoms with E-state index < -0.39 is 0 Å². The number of hydrogen-bond donors (Lipinski definition) is 3. The number of H-pyrrole nitrogens is 1. The molecule has 2 heterocycles. The van der Waals surface area contributed by atoms with E-state index in [1.54, 1.807) is 0 Å². The average Bonchev–Trinajstić information content (AvgIpc) is 2.70. The number of aromatic nitrogens is 1. The summed E-state index contributed by atoms with van der Waals surface area (Å²) in [4.78, 5) is 19.4. The van der Waals surface area contributed by atoms with Crippen LogP contribution in [0, 0.1) is 12.8 Å². The molecule has 1 aliphatic heterocycles. The number of rotatable bonds is 7. The number of thiocarbonyl (C=S) groups is 1. The molecular weight excluding hydrogens is 384 g/mol. The molecule has 0 bridgehead atoms. The average molecular weight is 418 g/mol. The van der Waals surface area contributed by atoms with Gasteiger partial charge in [-0.3, -0.25) is 4.79 Å². The zero-order valence-electron chi connectivity index (χ0n) is 17.7. The topological polar surface area (TPSA) is 61.8 Å². The highest BCUT2D eigenvalue weighted by molar-refractivity contribution is 7.80.